The zero-order valence-corrected chi connectivity index (χ0v) is 17.3. The van der Waals surface area contributed by atoms with Crippen LogP contribution in [0.4, 0.5) is 10.5 Å². The minimum atomic E-state index is -0.929. The smallest absolute Gasteiger partial charge is 0.408 e. The Hall–Kier alpha value is -3.55. The molecule has 0 spiro atoms. The van der Waals surface area contributed by atoms with Crippen LogP contribution in [0.1, 0.15) is 24.0 Å². The van der Waals surface area contributed by atoms with Gasteiger partial charge in [-0.1, -0.05) is 42.5 Å². The Morgan fingerprint density at radius 3 is 2.27 bits per heavy atom. The van der Waals surface area contributed by atoms with Crippen molar-refractivity contribution in [1.29, 1.82) is 0 Å². The lowest BCUT2D eigenvalue weighted by atomic mass is 10.1. The molecule has 0 aromatic heterocycles. The molecule has 3 amide bonds. The van der Waals surface area contributed by atoms with Gasteiger partial charge < -0.3 is 26.0 Å². The van der Waals surface area contributed by atoms with E-state index < -0.39 is 23.9 Å². The summed E-state index contributed by atoms with van der Waals surface area (Å²) in [5, 5.41) is 5.29. The maximum absolute atomic E-state index is 12.6. The molecule has 2 rings (SSSR count). The Kier molecular flexibility index (Phi) is 8.68. The van der Waals surface area contributed by atoms with Gasteiger partial charge in [-0.3, -0.25) is 9.59 Å². The van der Waals surface area contributed by atoms with Crippen molar-refractivity contribution in [1.82, 2.24) is 10.6 Å². The van der Waals surface area contributed by atoms with Crippen molar-refractivity contribution in [3.05, 3.63) is 65.7 Å². The summed E-state index contributed by atoms with van der Waals surface area (Å²) >= 11 is 0. The number of nitrogens with zero attached hydrogens (tertiary/aromatic N) is 1. The maximum Gasteiger partial charge on any atom is 0.408 e. The van der Waals surface area contributed by atoms with Crippen LogP contribution in [0.25, 0.3) is 0 Å². The molecule has 0 saturated heterocycles. The van der Waals surface area contributed by atoms with Gasteiger partial charge in [0, 0.05) is 32.7 Å². The van der Waals surface area contributed by atoms with Crippen LogP contribution < -0.4 is 21.3 Å². The number of hydrogen-bond donors (Lipinski definition) is 3. The highest BCUT2D eigenvalue weighted by Gasteiger charge is 2.22. The van der Waals surface area contributed by atoms with Crippen LogP contribution in [0, 0.1) is 0 Å². The van der Waals surface area contributed by atoms with Crippen molar-refractivity contribution in [2.75, 3.05) is 19.0 Å². The average molecular weight is 412 g/mol. The van der Waals surface area contributed by atoms with Crippen molar-refractivity contribution < 1.29 is 19.1 Å². The number of rotatable bonds is 10. The fourth-order valence-electron chi connectivity index (χ4n) is 2.69. The summed E-state index contributed by atoms with van der Waals surface area (Å²) in [6.45, 7) is 0.370. The number of anilines is 1. The van der Waals surface area contributed by atoms with Gasteiger partial charge >= 0.3 is 6.09 Å². The molecule has 4 N–H and O–H groups in total. The molecule has 0 fully saturated rings. The molecule has 1 atom stereocenters. The van der Waals surface area contributed by atoms with Crippen LogP contribution in [-0.4, -0.2) is 38.0 Å². The van der Waals surface area contributed by atoms with Crippen LogP contribution >= 0.6 is 0 Å². The molecule has 0 bridgehead atoms. The number of carbonyl (C=O) groups excluding carboxylic acids is 3. The third-order valence-corrected chi connectivity index (χ3v) is 4.42. The first-order chi connectivity index (χ1) is 14.3. The third-order valence-electron chi connectivity index (χ3n) is 4.42. The Bertz CT molecular complexity index is 838. The Labute approximate surface area is 176 Å². The third kappa shape index (κ3) is 7.83. The first-order valence-corrected chi connectivity index (χ1v) is 9.64. The van der Waals surface area contributed by atoms with E-state index in [-0.39, 0.29) is 19.4 Å². The van der Waals surface area contributed by atoms with E-state index in [0.29, 0.717) is 6.54 Å². The fraction of sp³-hybridized carbons (Fsp3) is 0.318. The highest BCUT2D eigenvalue weighted by molar-refractivity contribution is 5.86. The van der Waals surface area contributed by atoms with Gasteiger partial charge in [0.1, 0.15) is 12.6 Å². The molecule has 0 saturated carbocycles. The molecular weight excluding hydrogens is 384 g/mol. The SMILES string of the molecule is CN(C)c1ccc(CNC(=O)[C@H](CCC(N)=O)NC(=O)OCc2ccccc2)cc1. The second-order valence-corrected chi connectivity index (χ2v) is 7.04. The molecule has 0 aliphatic carbocycles. The highest BCUT2D eigenvalue weighted by atomic mass is 16.5. The molecule has 8 heteroatoms. The summed E-state index contributed by atoms with van der Waals surface area (Å²) in [5.41, 5.74) is 7.98. The monoisotopic (exact) mass is 412 g/mol. The van der Waals surface area contributed by atoms with E-state index in [2.05, 4.69) is 10.6 Å². The van der Waals surface area contributed by atoms with Gasteiger partial charge in [0.15, 0.2) is 0 Å². The van der Waals surface area contributed by atoms with E-state index in [9.17, 15) is 14.4 Å². The molecule has 0 aliphatic rings. The summed E-state index contributed by atoms with van der Waals surface area (Å²) < 4.78 is 5.16. The van der Waals surface area contributed by atoms with E-state index in [4.69, 9.17) is 10.5 Å². The summed E-state index contributed by atoms with van der Waals surface area (Å²) in [6.07, 6.45) is -0.686. The average Bonchev–Trinajstić information content (AvgIpc) is 2.74. The number of amides is 3. The Morgan fingerprint density at radius 1 is 1.00 bits per heavy atom. The number of ether oxygens (including phenoxy) is 1. The minimum absolute atomic E-state index is 0.0332. The normalized spacial score (nSPS) is 11.3. The molecule has 0 unspecified atom stereocenters. The second-order valence-electron chi connectivity index (χ2n) is 7.04. The Balaban J connectivity index is 1.90. The quantitative estimate of drug-likeness (QED) is 0.552. The highest BCUT2D eigenvalue weighted by Crippen LogP contribution is 2.12. The summed E-state index contributed by atoms with van der Waals surface area (Å²) in [5.74, 6) is -0.962. The largest absolute Gasteiger partial charge is 0.445 e. The van der Waals surface area contributed by atoms with Crippen molar-refractivity contribution in [3.63, 3.8) is 0 Å². The van der Waals surface area contributed by atoms with E-state index >= 15 is 0 Å². The number of benzene rings is 2. The Morgan fingerprint density at radius 2 is 1.67 bits per heavy atom. The summed E-state index contributed by atoms with van der Waals surface area (Å²) in [7, 11) is 3.89. The lowest BCUT2D eigenvalue weighted by molar-refractivity contribution is -0.123. The first-order valence-electron chi connectivity index (χ1n) is 9.64. The predicted octanol–water partition coefficient (Wildman–Crippen LogP) is 1.93. The van der Waals surface area contributed by atoms with Crippen LogP contribution in [0.2, 0.25) is 0 Å². The summed E-state index contributed by atoms with van der Waals surface area (Å²) in [4.78, 5) is 37.8. The molecule has 0 aliphatic heterocycles. The number of alkyl carbamates (subject to hydrolysis) is 1. The minimum Gasteiger partial charge on any atom is -0.445 e. The molecule has 160 valence electrons. The molecule has 0 heterocycles. The van der Waals surface area contributed by atoms with Crippen molar-refractivity contribution in [3.8, 4) is 0 Å². The van der Waals surface area contributed by atoms with Gasteiger partial charge in [-0.05, 0) is 29.7 Å². The molecule has 8 nitrogen and oxygen atoms in total. The molecule has 2 aromatic carbocycles. The topological polar surface area (TPSA) is 114 Å². The number of primary amides is 1. The number of nitrogens with two attached hydrogens (primary N) is 1. The van der Waals surface area contributed by atoms with Crippen molar-refractivity contribution >= 4 is 23.6 Å². The predicted molar refractivity (Wildman–Crippen MR) is 115 cm³/mol. The lowest BCUT2D eigenvalue weighted by Gasteiger charge is -2.18. The fourth-order valence-corrected chi connectivity index (χ4v) is 2.69. The molecular formula is C22H28N4O4. The van der Waals surface area contributed by atoms with Crippen molar-refractivity contribution in [2.24, 2.45) is 5.73 Å². The van der Waals surface area contributed by atoms with Crippen LogP contribution in [-0.2, 0) is 27.5 Å². The zero-order chi connectivity index (χ0) is 21.9. The van der Waals surface area contributed by atoms with Crippen LogP contribution in [0.3, 0.4) is 0 Å². The summed E-state index contributed by atoms with van der Waals surface area (Å²) in [6, 6.07) is 16.0. The van der Waals surface area contributed by atoms with Gasteiger partial charge in [0.2, 0.25) is 11.8 Å². The van der Waals surface area contributed by atoms with E-state index in [1.807, 2.05) is 73.6 Å². The van der Waals surface area contributed by atoms with Crippen molar-refractivity contribution in [2.45, 2.75) is 32.0 Å². The standard InChI is InChI=1S/C22H28N4O4/c1-26(2)18-10-8-16(9-11-18)14-24-21(28)19(12-13-20(23)27)25-22(29)30-15-17-6-4-3-5-7-17/h3-11,19H,12-15H2,1-2H3,(H2,23,27)(H,24,28)(H,25,29)/t19-/m0/s1. The van der Waals surface area contributed by atoms with E-state index in [1.54, 1.807) is 0 Å². The van der Waals surface area contributed by atoms with E-state index in [0.717, 1.165) is 16.8 Å². The molecule has 0 radical (unpaired) electrons. The number of carbonyl (C=O) groups is 3. The van der Waals surface area contributed by atoms with Gasteiger partial charge in [-0.25, -0.2) is 4.79 Å². The maximum atomic E-state index is 12.6. The molecule has 30 heavy (non-hydrogen) atoms. The van der Waals surface area contributed by atoms with Crippen LogP contribution in [0.15, 0.2) is 54.6 Å². The van der Waals surface area contributed by atoms with Gasteiger partial charge in [0.25, 0.3) is 0 Å². The molecule has 2 aromatic rings. The first kappa shape index (κ1) is 22.7. The second kappa shape index (κ2) is 11.5. The van der Waals surface area contributed by atoms with Gasteiger partial charge in [-0.15, -0.1) is 0 Å². The number of hydrogen-bond acceptors (Lipinski definition) is 5. The lowest BCUT2D eigenvalue weighted by Crippen LogP contribution is -2.47. The zero-order valence-electron chi connectivity index (χ0n) is 17.3. The number of nitrogens with one attached hydrogen (secondary N) is 2. The van der Waals surface area contributed by atoms with E-state index in [1.165, 1.54) is 0 Å². The van der Waals surface area contributed by atoms with Crippen LogP contribution in [0.5, 0.6) is 0 Å². The van der Waals surface area contributed by atoms with Gasteiger partial charge in [0.05, 0.1) is 0 Å². The van der Waals surface area contributed by atoms with Gasteiger partial charge in [-0.2, -0.15) is 0 Å².